The maximum absolute atomic E-state index is 13.5. The Bertz CT molecular complexity index is 530. The fourth-order valence-electron chi connectivity index (χ4n) is 1.23. The van der Waals surface area contributed by atoms with E-state index < -0.39 is 17.2 Å². The summed E-state index contributed by atoms with van der Waals surface area (Å²) in [4.78, 5) is 21.0. The quantitative estimate of drug-likeness (QED) is 0.504. The Hall–Kier alpha value is -2.22. The van der Waals surface area contributed by atoms with E-state index in [1.807, 2.05) is 0 Å². The molecule has 0 bridgehead atoms. The molecular weight excluding hydrogens is 240 g/mol. The zero-order valence-corrected chi connectivity index (χ0v) is 9.72. The van der Waals surface area contributed by atoms with Crippen molar-refractivity contribution in [3.8, 4) is 11.8 Å². The lowest BCUT2D eigenvalue weighted by molar-refractivity contribution is -0.118. The highest BCUT2D eigenvalue weighted by molar-refractivity contribution is 5.76. The first kappa shape index (κ1) is 13.8. The predicted octanol–water partition coefficient (Wildman–Crippen LogP) is 1.66. The predicted molar refractivity (Wildman–Crippen MR) is 61.9 cm³/mol. The molecule has 0 aliphatic carbocycles. The summed E-state index contributed by atoms with van der Waals surface area (Å²) >= 11 is 0. The Balaban J connectivity index is 2.77. The van der Waals surface area contributed by atoms with Gasteiger partial charge in [0.2, 0.25) is 5.91 Å². The third-order valence-electron chi connectivity index (χ3n) is 2.09. The third kappa shape index (κ3) is 3.67. The Morgan fingerprint density at radius 1 is 1.44 bits per heavy atom. The second-order valence-electron chi connectivity index (χ2n) is 3.48. The van der Waals surface area contributed by atoms with Crippen molar-refractivity contribution in [1.82, 2.24) is 5.32 Å². The molecule has 0 unspecified atom stereocenters. The Morgan fingerprint density at radius 2 is 2.17 bits per heavy atom. The van der Waals surface area contributed by atoms with Crippen LogP contribution in [0.4, 0.5) is 8.78 Å². The number of carbonyl (C=O) groups is 2. The van der Waals surface area contributed by atoms with Crippen molar-refractivity contribution in [2.24, 2.45) is 0 Å². The van der Waals surface area contributed by atoms with Crippen LogP contribution >= 0.6 is 0 Å². The van der Waals surface area contributed by atoms with Gasteiger partial charge in [0.05, 0.1) is 11.1 Å². The van der Waals surface area contributed by atoms with E-state index >= 15 is 0 Å². The monoisotopic (exact) mass is 251 g/mol. The molecule has 0 aliphatic rings. The Kier molecular flexibility index (Phi) is 5.00. The average Bonchev–Trinajstić information content (AvgIpc) is 2.31. The summed E-state index contributed by atoms with van der Waals surface area (Å²) in [6.07, 6.45) is 0.458. The molecule has 0 aliphatic heterocycles. The standard InChI is InChI=1S/C13H11F2NO2/c1-9(18)16-7-3-2-4-10-5-6-12(14)11(8-17)13(10)15/h5-6,8H,3,7H2,1H3,(H,16,18). The SMILES string of the molecule is CC(=O)NCCC#Cc1ccc(F)c(C=O)c1F. The van der Waals surface area contributed by atoms with Gasteiger partial charge in [-0.1, -0.05) is 11.8 Å². The van der Waals surface area contributed by atoms with E-state index in [0.29, 0.717) is 13.0 Å². The van der Waals surface area contributed by atoms with E-state index in [1.165, 1.54) is 13.0 Å². The minimum Gasteiger partial charge on any atom is -0.355 e. The van der Waals surface area contributed by atoms with E-state index in [0.717, 1.165) is 6.07 Å². The van der Waals surface area contributed by atoms with Gasteiger partial charge in [-0.15, -0.1) is 0 Å². The highest BCUT2D eigenvalue weighted by atomic mass is 19.1. The van der Waals surface area contributed by atoms with Crippen molar-refractivity contribution in [3.05, 3.63) is 34.9 Å². The zero-order valence-electron chi connectivity index (χ0n) is 9.72. The van der Waals surface area contributed by atoms with E-state index in [2.05, 4.69) is 17.2 Å². The van der Waals surface area contributed by atoms with Gasteiger partial charge in [0.15, 0.2) is 12.1 Å². The van der Waals surface area contributed by atoms with Crippen LogP contribution in [0, 0.1) is 23.5 Å². The van der Waals surface area contributed by atoms with Crippen LogP contribution in [0.2, 0.25) is 0 Å². The molecule has 1 rings (SSSR count). The zero-order chi connectivity index (χ0) is 13.5. The molecule has 3 nitrogen and oxygen atoms in total. The maximum Gasteiger partial charge on any atom is 0.216 e. The Labute approximate surface area is 103 Å². The Morgan fingerprint density at radius 3 is 2.78 bits per heavy atom. The lowest BCUT2D eigenvalue weighted by atomic mass is 10.1. The van der Waals surface area contributed by atoms with Crippen molar-refractivity contribution < 1.29 is 18.4 Å². The molecule has 1 N–H and O–H groups in total. The number of aldehydes is 1. The summed E-state index contributed by atoms with van der Waals surface area (Å²) in [6.45, 7) is 1.73. The van der Waals surface area contributed by atoms with Crippen molar-refractivity contribution in [2.75, 3.05) is 6.54 Å². The molecule has 1 aromatic carbocycles. The number of carbonyl (C=O) groups excluding carboxylic acids is 2. The molecule has 0 spiro atoms. The van der Waals surface area contributed by atoms with Crippen LogP contribution in [-0.2, 0) is 4.79 Å². The fourth-order valence-corrected chi connectivity index (χ4v) is 1.23. The van der Waals surface area contributed by atoms with Gasteiger partial charge >= 0.3 is 0 Å². The first-order chi connectivity index (χ1) is 8.56. The van der Waals surface area contributed by atoms with Crippen LogP contribution < -0.4 is 5.32 Å². The normalized spacial score (nSPS) is 9.28. The summed E-state index contributed by atoms with van der Waals surface area (Å²) in [5.41, 5.74) is -0.662. The van der Waals surface area contributed by atoms with Crippen LogP contribution in [0.15, 0.2) is 12.1 Å². The van der Waals surface area contributed by atoms with Crippen LogP contribution in [-0.4, -0.2) is 18.7 Å². The molecule has 0 radical (unpaired) electrons. The van der Waals surface area contributed by atoms with E-state index in [-0.39, 0.29) is 17.8 Å². The summed E-state index contributed by atoms with van der Waals surface area (Å²) < 4.78 is 26.5. The largest absolute Gasteiger partial charge is 0.355 e. The average molecular weight is 251 g/mol. The molecule has 1 amide bonds. The minimum absolute atomic E-state index is 0.0404. The second kappa shape index (κ2) is 6.50. The molecule has 5 heteroatoms. The highest BCUT2D eigenvalue weighted by Gasteiger charge is 2.11. The molecule has 94 valence electrons. The van der Waals surface area contributed by atoms with Gasteiger partial charge in [-0.25, -0.2) is 8.78 Å². The van der Waals surface area contributed by atoms with E-state index in [9.17, 15) is 18.4 Å². The molecule has 0 atom stereocenters. The molecule has 0 fully saturated rings. The molecule has 0 saturated heterocycles. The van der Waals surface area contributed by atoms with Gasteiger partial charge in [0.25, 0.3) is 0 Å². The maximum atomic E-state index is 13.5. The van der Waals surface area contributed by atoms with Gasteiger partial charge < -0.3 is 5.32 Å². The van der Waals surface area contributed by atoms with E-state index in [4.69, 9.17) is 0 Å². The fraction of sp³-hybridized carbons (Fsp3) is 0.231. The summed E-state index contributed by atoms with van der Waals surface area (Å²) in [7, 11) is 0. The number of benzene rings is 1. The molecular formula is C13H11F2NO2. The first-order valence-electron chi connectivity index (χ1n) is 5.22. The third-order valence-corrected chi connectivity index (χ3v) is 2.09. The van der Waals surface area contributed by atoms with Crippen LogP contribution in [0.3, 0.4) is 0 Å². The number of amides is 1. The van der Waals surface area contributed by atoms with Gasteiger partial charge in [-0.2, -0.15) is 0 Å². The van der Waals surface area contributed by atoms with Crippen molar-refractivity contribution in [2.45, 2.75) is 13.3 Å². The topological polar surface area (TPSA) is 46.2 Å². The highest BCUT2D eigenvalue weighted by Crippen LogP contribution is 2.14. The summed E-state index contributed by atoms with van der Waals surface area (Å²) in [5.74, 6) is 3.07. The van der Waals surface area contributed by atoms with Gasteiger partial charge in [-0.3, -0.25) is 9.59 Å². The number of halogens is 2. The molecule has 1 aromatic rings. The second-order valence-corrected chi connectivity index (χ2v) is 3.48. The summed E-state index contributed by atoms with van der Waals surface area (Å²) in [6, 6.07) is 2.16. The van der Waals surface area contributed by atoms with Crippen molar-refractivity contribution in [1.29, 1.82) is 0 Å². The number of nitrogens with one attached hydrogen (secondary N) is 1. The molecule has 18 heavy (non-hydrogen) atoms. The van der Waals surface area contributed by atoms with Crippen LogP contribution in [0.5, 0.6) is 0 Å². The smallest absolute Gasteiger partial charge is 0.216 e. The lowest BCUT2D eigenvalue weighted by Gasteiger charge is -1.99. The first-order valence-corrected chi connectivity index (χ1v) is 5.22. The van der Waals surface area contributed by atoms with E-state index in [1.54, 1.807) is 0 Å². The van der Waals surface area contributed by atoms with Crippen molar-refractivity contribution in [3.63, 3.8) is 0 Å². The molecule has 0 saturated carbocycles. The number of hydrogen-bond donors (Lipinski definition) is 1. The van der Waals surface area contributed by atoms with Gasteiger partial charge in [-0.05, 0) is 12.1 Å². The van der Waals surface area contributed by atoms with Crippen molar-refractivity contribution >= 4 is 12.2 Å². The van der Waals surface area contributed by atoms with Crippen LogP contribution in [0.25, 0.3) is 0 Å². The summed E-state index contributed by atoms with van der Waals surface area (Å²) in [5, 5.41) is 2.53. The lowest BCUT2D eigenvalue weighted by Crippen LogP contribution is -2.20. The number of hydrogen-bond acceptors (Lipinski definition) is 2. The van der Waals surface area contributed by atoms with Gasteiger partial charge in [0, 0.05) is 19.9 Å². The van der Waals surface area contributed by atoms with Gasteiger partial charge in [0.1, 0.15) is 5.82 Å². The number of rotatable bonds is 3. The molecule has 0 aromatic heterocycles. The minimum atomic E-state index is -0.961. The molecule has 0 heterocycles. The van der Waals surface area contributed by atoms with Crippen LogP contribution in [0.1, 0.15) is 29.3 Å².